The normalized spacial score (nSPS) is 12.7. The van der Waals surface area contributed by atoms with Crippen molar-refractivity contribution in [2.75, 3.05) is 6.54 Å². The maximum atomic E-state index is 13.3. The van der Waals surface area contributed by atoms with E-state index in [4.69, 9.17) is 0 Å². The molecule has 96 valence electrons. The van der Waals surface area contributed by atoms with Gasteiger partial charge in [-0.25, -0.2) is 9.07 Å². The number of aryl methyl sites for hydroxylation is 1. The minimum absolute atomic E-state index is 0.201. The molecule has 0 aliphatic carbocycles. The molecule has 5 nitrogen and oxygen atoms in total. The van der Waals surface area contributed by atoms with Gasteiger partial charge in [-0.1, -0.05) is 12.1 Å². The predicted molar refractivity (Wildman–Crippen MR) is 68.4 cm³/mol. The maximum Gasteiger partial charge on any atom is 0.153 e. The molecule has 0 amide bonds. The van der Waals surface area contributed by atoms with Gasteiger partial charge in [-0.05, 0) is 34.1 Å². The van der Waals surface area contributed by atoms with E-state index in [1.165, 1.54) is 12.3 Å². The third-order valence-electron chi connectivity index (χ3n) is 2.57. The molecule has 18 heavy (non-hydrogen) atoms. The molecule has 2 aromatic rings. The first-order valence-electron chi connectivity index (χ1n) is 5.52. The van der Waals surface area contributed by atoms with Gasteiger partial charge >= 0.3 is 0 Å². The molecule has 2 heterocycles. The number of hydrogen-bond acceptors (Lipinski definition) is 4. The number of nitrogens with one attached hydrogen (secondary N) is 1. The van der Waals surface area contributed by atoms with Gasteiger partial charge in [0.25, 0.3) is 0 Å². The lowest BCUT2D eigenvalue weighted by Crippen LogP contribution is -2.24. The molecule has 0 fully saturated rings. The van der Waals surface area contributed by atoms with E-state index >= 15 is 0 Å². The highest BCUT2D eigenvalue weighted by molar-refractivity contribution is 9.10. The highest BCUT2D eigenvalue weighted by Gasteiger charge is 2.21. The van der Waals surface area contributed by atoms with Crippen LogP contribution in [0.1, 0.15) is 24.2 Å². The van der Waals surface area contributed by atoms with Gasteiger partial charge < -0.3 is 5.32 Å². The highest BCUT2D eigenvalue weighted by atomic mass is 79.9. The minimum Gasteiger partial charge on any atom is -0.305 e. The molecule has 0 bridgehead atoms. The fourth-order valence-corrected chi connectivity index (χ4v) is 2.36. The summed E-state index contributed by atoms with van der Waals surface area (Å²) in [6.45, 7) is 2.72. The summed E-state index contributed by atoms with van der Waals surface area (Å²) in [5.74, 6) is -0.360. The standard InChI is InChI=1S/C11H13BrFN5/c1-3-15-9(7-4-8(13)6-14-5-7)10-11(12)16-17-18(10)2/h4-6,9,15H,3H2,1-2H3. The van der Waals surface area contributed by atoms with Crippen LogP contribution in [0, 0.1) is 5.82 Å². The number of aromatic nitrogens is 4. The molecule has 1 atom stereocenters. The molecular weight excluding hydrogens is 301 g/mol. The van der Waals surface area contributed by atoms with Crippen LogP contribution in [0.3, 0.4) is 0 Å². The van der Waals surface area contributed by atoms with Crippen LogP contribution in [0.2, 0.25) is 0 Å². The van der Waals surface area contributed by atoms with Crippen molar-refractivity contribution in [1.82, 2.24) is 25.3 Å². The van der Waals surface area contributed by atoms with Crippen molar-refractivity contribution in [3.05, 3.63) is 40.1 Å². The molecule has 7 heteroatoms. The van der Waals surface area contributed by atoms with Crippen molar-refractivity contribution in [2.24, 2.45) is 7.05 Å². The van der Waals surface area contributed by atoms with Crippen LogP contribution in [0.5, 0.6) is 0 Å². The van der Waals surface area contributed by atoms with Crippen LogP contribution in [-0.4, -0.2) is 26.5 Å². The van der Waals surface area contributed by atoms with E-state index in [2.05, 4.69) is 36.5 Å². The summed E-state index contributed by atoms with van der Waals surface area (Å²) < 4.78 is 15.6. The Morgan fingerprint density at radius 2 is 2.28 bits per heavy atom. The molecule has 2 aromatic heterocycles. The Morgan fingerprint density at radius 3 is 2.83 bits per heavy atom. The SMILES string of the molecule is CCNC(c1cncc(F)c1)c1c(Br)nnn1C. The van der Waals surface area contributed by atoms with Gasteiger partial charge in [0.2, 0.25) is 0 Å². The lowest BCUT2D eigenvalue weighted by atomic mass is 10.1. The number of rotatable bonds is 4. The topological polar surface area (TPSA) is 55.6 Å². The van der Waals surface area contributed by atoms with Gasteiger partial charge in [0.05, 0.1) is 17.9 Å². The van der Waals surface area contributed by atoms with Crippen LogP contribution in [0.15, 0.2) is 23.1 Å². The zero-order valence-corrected chi connectivity index (χ0v) is 11.6. The molecule has 0 aliphatic rings. The molecule has 2 rings (SSSR count). The van der Waals surface area contributed by atoms with Gasteiger partial charge in [-0.3, -0.25) is 4.98 Å². The monoisotopic (exact) mass is 313 g/mol. The summed E-state index contributed by atoms with van der Waals surface area (Å²) in [5.41, 5.74) is 1.58. The lowest BCUT2D eigenvalue weighted by molar-refractivity contribution is 0.557. The Kier molecular flexibility index (Phi) is 4.03. The number of halogens is 2. The third kappa shape index (κ3) is 2.56. The summed E-state index contributed by atoms with van der Waals surface area (Å²) in [4.78, 5) is 3.88. The van der Waals surface area contributed by atoms with E-state index < -0.39 is 0 Å². The summed E-state index contributed by atoms with van der Waals surface area (Å²) in [6, 6.07) is 1.26. The second kappa shape index (κ2) is 5.53. The Labute approximate surface area is 113 Å². The first-order chi connectivity index (χ1) is 8.63. The van der Waals surface area contributed by atoms with Crippen molar-refractivity contribution in [2.45, 2.75) is 13.0 Å². The summed E-state index contributed by atoms with van der Waals surface area (Å²) >= 11 is 3.35. The van der Waals surface area contributed by atoms with Crippen molar-refractivity contribution in [1.29, 1.82) is 0 Å². The van der Waals surface area contributed by atoms with E-state index in [0.717, 1.165) is 17.8 Å². The first-order valence-corrected chi connectivity index (χ1v) is 6.31. The second-order valence-electron chi connectivity index (χ2n) is 3.82. The quantitative estimate of drug-likeness (QED) is 0.935. The largest absolute Gasteiger partial charge is 0.305 e. The van der Waals surface area contributed by atoms with E-state index in [-0.39, 0.29) is 11.9 Å². The summed E-state index contributed by atoms with van der Waals surface area (Å²) in [5, 5.41) is 11.1. The summed E-state index contributed by atoms with van der Waals surface area (Å²) in [6.07, 6.45) is 2.82. The number of hydrogen-bond donors (Lipinski definition) is 1. The smallest absolute Gasteiger partial charge is 0.153 e. The fourth-order valence-electron chi connectivity index (χ4n) is 1.81. The summed E-state index contributed by atoms with van der Waals surface area (Å²) in [7, 11) is 1.80. The average molecular weight is 314 g/mol. The number of nitrogens with zero attached hydrogens (tertiary/aromatic N) is 4. The van der Waals surface area contributed by atoms with E-state index in [9.17, 15) is 4.39 Å². The molecule has 1 unspecified atom stereocenters. The van der Waals surface area contributed by atoms with Crippen molar-refractivity contribution in [3.8, 4) is 0 Å². The lowest BCUT2D eigenvalue weighted by Gasteiger charge is -2.18. The molecule has 0 saturated heterocycles. The van der Waals surface area contributed by atoms with Crippen LogP contribution >= 0.6 is 15.9 Å². The van der Waals surface area contributed by atoms with E-state index in [1.807, 2.05) is 6.92 Å². The molecular formula is C11H13BrFN5. The molecule has 1 N–H and O–H groups in total. The first kappa shape index (κ1) is 13.1. The van der Waals surface area contributed by atoms with Crippen LogP contribution in [0.25, 0.3) is 0 Å². The molecule has 0 aromatic carbocycles. The van der Waals surface area contributed by atoms with Crippen molar-refractivity contribution < 1.29 is 4.39 Å². The van der Waals surface area contributed by atoms with Gasteiger partial charge in [-0.15, -0.1) is 5.10 Å². The third-order valence-corrected chi connectivity index (χ3v) is 3.13. The Morgan fingerprint density at radius 1 is 1.50 bits per heavy atom. The Balaban J connectivity index is 2.46. The van der Waals surface area contributed by atoms with Gasteiger partial charge in [0, 0.05) is 13.2 Å². The van der Waals surface area contributed by atoms with Crippen molar-refractivity contribution >= 4 is 15.9 Å². The molecule has 0 radical (unpaired) electrons. The van der Waals surface area contributed by atoms with Gasteiger partial charge in [-0.2, -0.15) is 0 Å². The molecule has 0 saturated carbocycles. The molecule has 0 aliphatic heterocycles. The average Bonchev–Trinajstić information content (AvgIpc) is 2.67. The van der Waals surface area contributed by atoms with Gasteiger partial charge in [0.15, 0.2) is 4.60 Å². The zero-order chi connectivity index (χ0) is 13.1. The fraction of sp³-hybridized carbons (Fsp3) is 0.364. The predicted octanol–water partition coefficient (Wildman–Crippen LogP) is 1.81. The Bertz CT molecular complexity index is 522. The minimum atomic E-state index is -0.360. The van der Waals surface area contributed by atoms with E-state index in [1.54, 1.807) is 17.9 Å². The highest BCUT2D eigenvalue weighted by Crippen LogP contribution is 2.26. The zero-order valence-electron chi connectivity index (χ0n) is 10.1. The molecule has 0 spiro atoms. The number of pyridine rings is 1. The van der Waals surface area contributed by atoms with E-state index in [0.29, 0.717) is 4.60 Å². The van der Waals surface area contributed by atoms with Gasteiger partial charge in [0.1, 0.15) is 5.82 Å². The Hall–Kier alpha value is -1.34. The maximum absolute atomic E-state index is 13.3. The second-order valence-corrected chi connectivity index (χ2v) is 4.57. The van der Waals surface area contributed by atoms with Crippen LogP contribution < -0.4 is 5.32 Å². The van der Waals surface area contributed by atoms with Crippen LogP contribution in [0.4, 0.5) is 4.39 Å². The van der Waals surface area contributed by atoms with Crippen molar-refractivity contribution in [3.63, 3.8) is 0 Å². The van der Waals surface area contributed by atoms with Crippen LogP contribution in [-0.2, 0) is 7.05 Å².